The molecule has 1 N–H and O–H groups in total. The minimum Gasteiger partial charge on any atom is -0.388 e. The van der Waals surface area contributed by atoms with Crippen LogP contribution in [-0.2, 0) is 0 Å². The summed E-state index contributed by atoms with van der Waals surface area (Å²) in [7, 11) is 0. The molecule has 2 nitrogen and oxygen atoms in total. The second-order valence-corrected chi connectivity index (χ2v) is 4.57. The van der Waals surface area contributed by atoms with E-state index >= 15 is 0 Å². The molecular formula is C9H18FNO. The minimum atomic E-state index is -1.08. The van der Waals surface area contributed by atoms with Crippen LogP contribution in [0.3, 0.4) is 0 Å². The fraction of sp³-hybridized carbons (Fsp3) is 1.00. The topological polar surface area (TPSA) is 23.5 Å². The van der Waals surface area contributed by atoms with Gasteiger partial charge in [0, 0.05) is 18.1 Å². The van der Waals surface area contributed by atoms with Gasteiger partial charge in [-0.25, -0.2) is 4.39 Å². The molecule has 1 heterocycles. The highest BCUT2D eigenvalue weighted by atomic mass is 19.1. The maximum atomic E-state index is 13.1. The van der Waals surface area contributed by atoms with Gasteiger partial charge in [0.25, 0.3) is 0 Å². The van der Waals surface area contributed by atoms with Crippen LogP contribution >= 0.6 is 0 Å². The molecule has 3 atom stereocenters. The van der Waals surface area contributed by atoms with Gasteiger partial charge in [-0.2, -0.15) is 0 Å². The standard InChI is InChI=1S/C9H18FNO/c1-6-8(12)7(10)5-11(6)9(2,3)4/h6-8,12H,5H2,1-4H3/t6-,7-,8+/m1/s1. The molecule has 12 heavy (non-hydrogen) atoms. The van der Waals surface area contributed by atoms with Gasteiger partial charge in [0.1, 0.15) is 12.3 Å². The molecule has 1 aliphatic rings. The van der Waals surface area contributed by atoms with Crippen LogP contribution < -0.4 is 0 Å². The van der Waals surface area contributed by atoms with Crippen molar-refractivity contribution in [3.63, 3.8) is 0 Å². The van der Waals surface area contributed by atoms with Crippen molar-refractivity contribution in [2.45, 2.75) is 51.6 Å². The Morgan fingerprint density at radius 2 is 1.92 bits per heavy atom. The van der Waals surface area contributed by atoms with E-state index in [4.69, 9.17) is 0 Å². The van der Waals surface area contributed by atoms with Gasteiger partial charge in [-0.05, 0) is 27.7 Å². The Morgan fingerprint density at radius 1 is 1.42 bits per heavy atom. The van der Waals surface area contributed by atoms with Gasteiger partial charge < -0.3 is 5.11 Å². The van der Waals surface area contributed by atoms with Crippen LogP contribution in [0.5, 0.6) is 0 Å². The van der Waals surface area contributed by atoms with Crippen molar-refractivity contribution in [1.29, 1.82) is 0 Å². The highest BCUT2D eigenvalue weighted by Gasteiger charge is 2.42. The third-order valence-corrected chi connectivity index (χ3v) is 2.59. The quantitative estimate of drug-likeness (QED) is 0.597. The van der Waals surface area contributed by atoms with E-state index in [1.807, 2.05) is 32.6 Å². The Morgan fingerprint density at radius 3 is 2.08 bits per heavy atom. The summed E-state index contributed by atoms with van der Waals surface area (Å²) in [4.78, 5) is 2.00. The van der Waals surface area contributed by atoms with Gasteiger partial charge in [0.2, 0.25) is 0 Å². The molecule has 1 rings (SSSR count). The summed E-state index contributed by atoms with van der Waals surface area (Å²) in [6.45, 7) is 8.33. The highest BCUT2D eigenvalue weighted by Crippen LogP contribution is 2.27. The molecule has 0 aliphatic carbocycles. The summed E-state index contributed by atoms with van der Waals surface area (Å²) in [5, 5.41) is 9.38. The summed E-state index contributed by atoms with van der Waals surface area (Å²) in [5.41, 5.74) is -0.0543. The van der Waals surface area contributed by atoms with E-state index in [9.17, 15) is 9.50 Å². The van der Waals surface area contributed by atoms with Crippen molar-refractivity contribution in [2.24, 2.45) is 0 Å². The van der Waals surface area contributed by atoms with E-state index in [-0.39, 0.29) is 11.6 Å². The molecule has 1 aliphatic heterocycles. The maximum Gasteiger partial charge on any atom is 0.140 e. The third-order valence-electron chi connectivity index (χ3n) is 2.59. The largest absolute Gasteiger partial charge is 0.388 e. The van der Waals surface area contributed by atoms with E-state index in [1.54, 1.807) is 0 Å². The van der Waals surface area contributed by atoms with Crippen LogP contribution in [0.4, 0.5) is 4.39 Å². The number of aliphatic hydroxyl groups is 1. The summed E-state index contributed by atoms with van der Waals surface area (Å²) < 4.78 is 13.1. The van der Waals surface area contributed by atoms with Crippen LogP contribution in [0.2, 0.25) is 0 Å². The lowest BCUT2D eigenvalue weighted by Gasteiger charge is -2.35. The second kappa shape index (κ2) is 2.96. The maximum absolute atomic E-state index is 13.1. The number of aliphatic hydroxyl groups excluding tert-OH is 1. The molecule has 0 aromatic heterocycles. The molecule has 72 valence electrons. The van der Waals surface area contributed by atoms with E-state index in [0.717, 1.165) is 0 Å². The van der Waals surface area contributed by atoms with Gasteiger partial charge in [0.05, 0.1) is 0 Å². The number of hydrogen-bond acceptors (Lipinski definition) is 2. The number of halogens is 1. The molecule has 0 radical (unpaired) electrons. The zero-order chi connectivity index (χ0) is 9.52. The third kappa shape index (κ3) is 1.62. The Hall–Kier alpha value is -0.150. The van der Waals surface area contributed by atoms with Crippen molar-refractivity contribution in [3.05, 3.63) is 0 Å². The smallest absolute Gasteiger partial charge is 0.140 e. The molecular weight excluding hydrogens is 157 g/mol. The van der Waals surface area contributed by atoms with Crippen LogP contribution in [0.1, 0.15) is 27.7 Å². The Bertz CT molecular complexity index is 166. The van der Waals surface area contributed by atoms with Crippen molar-refractivity contribution >= 4 is 0 Å². The van der Waals surface area contributed by atoms with Crippen molar-refractivity contribution < 1.29 is 9.50 Å². The summed E-state index contributed by atoms with van der Waals surface area (Å²) in [6.07, 6.45) is -1.90. The number of likely N-dealkylation sites (tertiary alicyclic amines) is 1. The molecule has 1 fully saturated rings. The van der Waals surface area contributed by atoms with E-state index < -0.39 is 12.3 Å². The molecule has 0 aromatic carbocycles. The lowest BCUT2D eigenvalue weighted by atomic mass is 10.0. The molecule has 0 amide bonds. The van der Waals surface area contributed by atoms with Crippen molar-refractivity contribution in [3.8, 4) is 0 Å². The van der Waals surface area contributed by atoms with Crippen molar-refractivity contribution in [2.75, 3.05) is 6.54 Å². The zero-order valence-corrected chi connectivity index (χ0v) is 8.21. The number of nitrogens with zero attached hydrogens (tertiary/aromatic N) is 1. The predicted octanol–water partition coefficient (Wildman–Crippen LogP) is 1.19. The Labute approximate surface area is 73.4 Å². The average Bonchev–Trinajstić information content (AvgIpc) is 2.15. The second-order valence-electron chi connectivity index (χ2n) is 4.57. The molecule has 3 heteroatoms. The minimum absolute atomic E-state index is 0.0543. The van der Waals surface area contributed by atoms with Gasteiger partial charge in [-0.1, -0.05) is 0 Å². The fourth-order valence-corrected chi connectivity index (χ4v) is 1.83. The van der Waals surface area contributed by atoms with E-state index in [2.05, 4.69) is 0 Å². The van der Waals surface area contributed by atoms with Crippen LogP contribution in [0, 0.1) is 0 Å². The molecule has 0 saturated carbocycles. The zero-order valence-electron chi connectivity index (χ0n) is 8.21. The molecule has 0 spiro atoms. The molecule has 0 bridgehead atoms. The normalized spacial score (nSPS) is 39.0. The van der Waals surface area contributed by atoms with Gasteiger partial charge >= 0.3 is 0 Å². The summed E-state index contributed by atoms with van der Waals surface area (Å²) in [6, 6.07) is -0.0694. The van der Waals surface area contributed by atoms with Gasteiger partial charge in [0.15, 0.2) is 0 Å². The molecule has 0 aromatic rings. The molecule has 1 saturated heterocycles. The highest BCUT2D eigenvalue weighted by molar-refractivity contribution is 4.96. The summed E-state index contributed by atoms with van der Waals surface area (Å²) in [5.74, 6) is 0. The first-order chi connectivity index (χ1) is 5.34. The Kier molecular flexibility index (Phi) is 2.45. The van der Waals surface area contributed by atoms with Crippen LogP contribution in [-0.4, -0.2) is 40.4 Å². The van der Waals surface area contributed by atoms with Gasteiger partial charge in [-0.15, -0.1) is 0 Å². The van der Waals surface area contributed by atoms with Crippen molar-refractivity contribution in [1.82, 2.24) is 4.90 Å². The first-order valence-corrected chi connectivity index (χ1v) is 4.43. The monoisotopic (exact) mass is 175 g/mol. The summed E-state index contributed by atoms with van der Waals surface area (Å²) >= 11 is 0. The lowest BCUT2D eigenvalue weighted by molar-refractivity contribution is 0.0633. The fourth-order valence-electron chi connectivity index (χ4n) is 1.83. The van der Waals surface area contributed by atoms with E-state index in [0.29, 0.717) is 6.54 Å². The Balaban J connectivity index is 2.71. The number of rotatable bonds is 0. The SMILES string of the molecule is C[C@@H]1[C@H](O)[C@H](F)CN1C(C)(C)C. The molecule has 0 unspecified atom stereocenters. The first kappa shape index (κ1) is 9.93. The average molecular weight is 175 g/mol. The van der Waals surface area contributed by atoms with E-state index in [1.165, 1.54) is 0 Å². The number of alkyl halides is 1. The number of hydrogen-bond donors (Lipinski definition) is 1. The lowest BCUT2D eigenvalue weighted by Crippen LogP contribution is -2.45. The van der Waals surface area contributed by atoms with Crippen LogP contribution in [0.15, 0.2) is 0 Å². The first-order valence-electron chi connectivity index (χ1n) is 4.43. The van der Waals surface area contributed by atoms with Crippen LogP contribution in [0.25, 0.3) is 0 Å². The predicted molar refractivity (Wildman–Crippen MR) is 46.8 cm³/mol. The van der Waals surface area contributed by atoms with Gasteiger partial charge in [-0.3, -0.25) is 4.90 Å².